The van der Waals surface area contributed by atoms with Crippen LogP contribution in [0, 0.1) is 5.92 Å². The molecular formula is C15H22BrN3O2. The van der Waals surface area contributed by atoms with Gasteiger partial charge in [-0.05, 0) is 61.2 Å². The monoisotopic (exact) mass is 355 g/mol. The van der Waals surface area contributed by atoms with Crippen LogP contribution < -0.4 is 0 Å². The second kappa shape index (κ2) is 6.30. The summed E-state index contributed by atoms with van der Waals surface area (Å²) in [4.78, 5) is 13.9. The number of carbonyl (C=O) groups is 1. The molecule has 0 spiro atoms. The minimum absolute atomic E-state index is 0.227. The predicted molar refractivity (Wildman–Crippen MR) is 84.1 cm³/mol. The van der Waals surface area contributed by atoms with Gasteiger partial charge in [-0.15, -0.1) is 5.10 Å². The van der Waals surface area contributed by atoms with E-state index in [1.807, 2.05) is 32.9 Å². The maximum Gasteiger partial charge on any atom is 0.410 e. The van der Waals surface area contributed by atoms with E-state index in [-0.39, 0.29) is 6.09 Å². The van der Waals surface area contributed by atoms with E-state index < -0.39 is 5.60 Å². The SMILES string of the molecule is CC1CN(C(=O)OC(C)(C)C)CCC1c1ccc(Br)nn1. The lowest BCUT2D eigenvalue weighted by Crippen LogP contribution is -2.44. The van der Waals surface area contributed by atoms with E-state index >= 15 is 0 Å². The Hall–Kier alpha value is -1.17. The van der Waals surface area contributed by atoms with Crippen molar-refractivity contribution < 1.29 is 9.53 Å². The molecule has 1 fully saturated rings. The van der Waals surface area contributed by atoms with Crippen LogP contribution in [-0.2, 0) is 4.74 Å². The first-order valence-corrected chi connectivity index (χ1v) is 8.02. The van der Waals surface area contributed by atoms with Crippen LogP contribution in [0.3, 0.4) is 0 Å². The van der Waals surface area contributed by atoms with Crippen LogP contribution in [0.4, 0.5) is 4.79 Å². The third kappa shape index (κ3) is 4.40. The highest BCUT2D eigenvalue weighted by Gasteiger charge is 2.32. The van der Waals surface area contributed by atoms with Crippen molar-refractivity contribution in [3.63, 3.8) is 0 Å². The van der Waals surface area contributed by atoms with E-state index in [2.05, 4.69) is 33.1 Å². The quantitative estimate of drug-likeness (QED) is 0.772. The lowest BCUT2D eigenvalue weighted by atomic mass is 9.84. The number of nitrogens with zero attached hydrogens (tertiary/aromatic N) is 3. The molecule has 5 nitrogen and oxygen atoms in total. The first kappa shape index (κ1) is 16.2. The van der Waals surface area contributed by atoms with Gasteiger partial charge in [-0.25, -0.2) is 4.79 Å². The fourth-order valence-corrected chi connectivity index (χ4v) is 2.81. The molecule has 0 N–H and O–H groups in total. The molecule has 1 amide bonds. The van der Waals surface area contributed by atoms with Crippen molar-refractivity contribution in [2.24, 2.45) is 5.92 Å². The predicted octanol–water partition coefficient (Wildman–Crippen LogP) is 3.60. The van der Waals surface area contributed by atoms with Gasteiger partial charge in [0.25, 0.3) is 0 Å². The van der Waals surface area contributed by atoms with Gasteiger partial charge >= 0.3 is 6.09 Å². The maximum atomic E-state index is 12.1. The number of likely N-dealkylation sites (tertiary alicyclic amines) is 1. The molecule has 1 aliphatic rings. The fraction of sp³-hybridized carbons (Fsp3) is 0.667. The number of piperidine rings is 1. The van der Waals surface area contributed by atoms with Crippen LogP contribution in [0.15, 0.2) is 16.7 Å². The van der Waals surface area contributed by atoms with Crippen molar-refractivity contribution >= 4 is 22.0 Å². The van der Waals surface area contributed by atoms with Crippen molar-refractivity contribution in [2.45, 2.75) is 45.6 Å². The third-order valence-electron chi connectivity index (χ3n) is 3.59. The molecule has 1 aromatic rings. The highest BCUT2D eigenvalue weighted by molar-refractivity contribution is 9.10. The van der Waals surface area contributed by atoms with Gasteiger partial charge in [-0.3, -0.25) is 0 Å². The molecule has 0 saturated carbocycles. The lowest BCUT2D eigenvalue weighted by Gasteiger charge is -2.37. The summed E-state index contributed by atoms with van der Waals surface area (Å²) < 4.78 is 6.18. The highest BCUT2D eigenvalue weighted by Crippen LogP contribution is 2.32. The second-order valence-corrected chi connectivity index (χ2v) is 7.39. The lowest BCUT2D eigenvalue weighted by molar-refractivity contribution is 0.0153. The summed E-state index contributed by atoms with van der Waals surface area (Å²) in [5.41, 5.74) is 0.545. The number of halogens is 1. The molecule has 1 aliphatic heterocycles. The molecule has 0 radical (unpaired) electrons. The molecule has 1 aromatic heterocycles. The molecule has 0 aromatic carbocycles. The van der Waals surface area contributed by atoms with E-state index in [1.54, 1.807) is 4.90 Å². The average molecular weight is 356 g/mol. The molecule has 0 bridgehead atoms. The van der Waals surface area contributed by atoms with E-state index in [0.29, 0.717) is 24.9 Å². The van der Waals surface area contributed by atoms with Crippen molar-refractivity contribution in [2.75, 3.05) is 13.1 Å². The second-order valence-electron chi connectivity index (χ2n) is 6.58. The molecule has 1 saturated heterocycles. The van der Waals surface area contributed by atoms with Crippen LogP contribution in [0.5, 0.6) is 0 Å². The van der Waals surface area contributed by atoms with Gasteiger partial charge in [-0.1, -0.05) is 6.92 Å². The van der Waals surface area contributed by atoms with Gasteiger partial charge in [0.1, 0.15) is 10.2 Å². The Morgan fingerprint density at radius 2 is 2.10 bits per heavy atom. The Morgan fingerprint density at radius 3 is 2.62 bits per heavy atom. The minimum Gasteiger partial charge on any atom is -0.444 e. The number of amides is 1. The standard InChI is InChI=1S/C15H22BrN3O2/c1-10-9-19(14(20)21-15(2,3)4)8-7-11(10)12-5-6-13(16)18-17-12/h5-6,10-11H,7-9H2,1-4H3. The molecule has 116 valence electrons. The highest BCUT2D eigenvalue weighted by atomic mass is 79.9. The van der Waals surface area contributed by atoms with Gasteiger partial charge in [0.2, 0.25) is 0 Å². The summed E-state index contributed by atoms with van der Waals surface area (Å²) in [5.74, 6) is 0.672. The Balaban J connectivity index is 1.99. The molecule has 2 rings (SSSR count). The van der Waals surface area contributed by atoms with Gasteiger partial charge in [0.05, 0.1) is 5.69 Å². The summed E-state index contributed by atoms with van der Waals surface area (Å²) in [7, 11) is 0. The van der Waals surface area contributed by atoms with Crippen molar-refractivity contribution in [3.8, 4) is 0 Å². The number of rotatable bonds is 1. The van der Waals surface area contributed by atoms with Gasteiger partial charge in [0, 0.05) is 19.0 Å². The van der Waals surface area contributed by atoms with E-state index in [4.69, 9.17) is 4.74 Å². The third-order valence-corrected chi connectivity index (χ3v) is 4.01. The van der Waals surface area contributed by atoms with Crippen molar-refractivity contribution in [1.82, 2.24) is 15.1 Å². The largest absolute Gasteiger partial charge is 0.444 e. The number of hydrogen-bond donors (Lipinski definition) is 0. The average Bonchev–Trinajstić information content (AvgIpc) is 2.38. The summed E-state index contributed by atoms with van der Waals surface area (Å²) in [6.07, 6.45) is 0.658. The molecule has 0 aliphatic carbocycles. The van der Waals surface area contributed by atoms with Crippen LogP contribution in [0.25, 0.3) is 0 Å². The van der Waals surface area contributed by atoms with Crippen LogP contribution in [-0.4, -0.2) is 39.9 Å². The van der Waals surface area contributed by atoms with Gasteiger partial charge in [0.15, 0.2) is 0 Å². The summed E-state index contributed by atoms with van der Waals surface area (Å²) in [6.45, 7) is 9.19. The fourth-order valence-electron chi connectivity index (χ4n) is 2.60. The smallest absolute Gasteiger partial charge is 0.410 e. The summed E-state index contributed by atoms with van der Waals surface area (Å²) in [6, 6.07) is 3.91. The molecular weight excluding hydrogens is 334 g/mol. The summed E-state index contributed by atoms with van der Waals surface area (Å²) >= 11 is 3.30. The molecule has 2 unspecified atom stereocenters. The first-order valence-electron chi connectivity index (χ1n) is 7.23. The molecule has 21 heavy (non-hydrogen) atoms. The zero-order chi connectivity index (χ0) is 15.6. The Morgan fingerprint density at radius 1 is 1.38 bits per heavy atom. The topological polar surface area (TPSA) is 55.3 Å². The Labute approximate surface area is 134 Å². The maximum absolute atomic E-state index is 12.1. The van der Waals surface area contributed by atoms with Crippen molar-refractivity contribution in [3.05, 3.63) is 22.4 Å². The molecule has 2 atom stereocenters. The number of hydrogen-bond acceptors (Lipinski definition) is 4. The van der Waals surface area contributed by atoms with Crippen LogP contribution >= 0.6 is 15.9 Å². The molecule has 6 heteroatoms. The minimum atomic E-state index is -0.450. The Bertz CT molecular complexity index is 499. The number of ether oxygens (including phenoxy) is 1. The number of aromatic nitrogens is 2. The van der Waals surface area contributed by atoms with Crippen LogP contribution in [0.1, 0.15) is 45.7 Å². The van der Waals surface area contributed by atoms with E-state index in [9.17, 15) is 4.79 Å². The van der Waals surface area contributed by atoms with Gasteiger partial charge < -0.3 is 9.64 Å². The zero-order valence-corrected chi connectivity index (χ0v) is 14.6. The molecule has 2 heterocycles. The van der Waals surface area contributed by atoms with Crippen LogP contribution in [0.2, 0.25) is 0 Å². The van der Waals surface area contributed by atoms with Gasteiger partial charge in [-0.2, -0.15) is 5.10 Å². The number of carbonyl (C=O) groups excluding carboxylic acids is 1. The Kier molecular flexibility index (Phi) is 4.86. The normalized spacial score (nSPS) is 23.0. The summed E-state index contributed by atoms with van der Waals surface area (Å²) in [5, 5.41) is 8.30. The van der Waals surface area contributed by atoms with E-state index in [1.165, 1.54) is 0 Å². The first-order chi connectivity index (χ1) is 9.76. The zero-order valence-electron chi connectivity index (χ0n) is 13.0. The van der Waals surface area contributed by atoms with Crippen molar-refractivity contribution in [1.29, 1.82) is 0 Å². The van der Waals surface area contributed by atoms with E-state index in [0.717, 1.165) is 16.7 Å².